The Bertz CT molecular complexity index is 965. The summed E-state index contributed by atoms with van der Waals surface area (Å²) in [5.74, 6) is 1.75. The van der Waals surface area contributed by atoms with Gasteiger partial charge in [0.15, 0.2) is 5.13 Å². The van der Waals surface area contributed by atoms with Crippen molar-refractivity contribution in [3.63, 3.8) is 0 Å². The van der Waals surface area contributed by atoms with Crippen molar-refractivity contribution in [1.29, 1.82) is 0 Å². The van der Waals surface area contributed by atoms with Crippen molar-refractivity contribution >= 4 is 42.6 Å². The van der Waals surface area contributed by atoms with E-state index in [1.54, 1.807) is 18.2 Å². The fourth-order valence-electron chi connectivity index (χ4n) is 3.72. The molecule has 2 aliphatic carbocycles. The average molecular weight is 377 g/mol. The van der Waals surface area contributed by atoms with Gasteiger partial charge in [-0.1, -0.05) is 23.5 Å². The van der Waals surface area contributed by atoms with Crippen molar-refractivity contribution in [3.05, 3.63) is 35.9 Å². The van der Waals surface area contributed by atoms with Gasteiger partial charge in [0.2, 0.25) is 10.0 Å². The highest BCUT2D eigenvalue weighted by Crippen LogP contribution is 2.43. The number of carbonyl (C=O) groups excluding carboxylic acids is 1. The minimum absolute atomic E-state index is 0.0975. The number of hydrogen-bond acceptors (Lipinski definition) is 5. The SMILES string of the molecule is CS(=O)(=O)Nc1nc2ccc(C(=O)NC[C@H]3C[C@H]4C=C[C@H]3C4)cc2s1. The molecule has 1 fully saturated rings. The fraction of sp³-hybridized carbons (Fsp3) is 0.412. The second-order valence-corrected chi connectivity index (χ2v) is 9.61. The molecule has 2 N–H and O–H groups in total. The Morgan fingerprint density at radius 1 is 1.32 bits per heavy atom. The highest BCUT2D eigenvalue weighted by molar-refractivity contribution is 7.92. The van der Waals surface area contributed by atoms with Crippen LogP contribution >= 0.6 is 11.3 Å². The smallest absolute Gasteiger partial charge is 0.251 e. The Labute approximate surface area is 150 Å². The van der Waals surface area contributed by atoms with Crippen LogP contribution in [0, 0.1) is 17.8 Å². The molecule has 0 unspecified atom stereocenters. The number of fused-ring (bicyclic) bond motifs is 3. The van der Waals surface area contributed by atoms with E-state index >= 15 is 0 Å². The van der Waals surface area contributed by atoms with Crippen molar-refractivity contribution in [3.8, 4) is 0 Å². The van der Waals surface area contributed by atoms with Crippen LogP contribution in [0.4, 0.5) is 5.13 Å². The van der Waals surface area contributed by atoms with Gasteiger partial charge in [0.1, 0.15) is 0 Å². The zero-order valence-corrected chi connectivity index (χ0v) is 15.4. The van der Waals surface area contributed by atoms with E-state index in [-0.39, 0.29) is 5.91 Å². The van der Waals surface area contributed by atoms with E-state index < -0.39 is 10.0 Å². The number of anilines is 1. The molecule has 1 heterocycles. The lowest BCUT2D eigenvalue weighted by Gasteiger charge is -2.18. The normalized spacial score (nSPS) is 24.8. The quantitative estimate of drug-likeness (QED) is 0.784. The van der Waals surface area contributed by atoms with Gasteiger partial charge in [-0.3, -0.25) is 9.52 Å². The van der Waals surface area contributed by atoms with Crippen LogP contribution in [0.25, 0.3) is 10.2 Å². The van der Waals surface area contributed by atoms with Crippen LogP contribution in [0.5, 0.6) is 0 Å². The van der Waals surface area contributed by atoms with Crippen LogP contribution in [0.15, 0.2) is 30.4 Å². The zero-order valence-electron chi connectivity index (χ0n) is 13.7. The minimum atomic E-state index is -3.36. The van der Waals surface area contributed by atoms with Gasteiger partial charge in [-0.25, -0.2) is 13.4 Å². The Hall–Kier alpha value is -1.93. The summed E-state index contributed by atoms with van der Waals surface area (Å²) in [5.41, 5.74) is 1.24. The van der Waals surface area contributed by atoms with Crippen LogP contribution in [0.3, 0.4) is 0 Å². The number of sulfonamides is 1. The van der Waals surface area contributed by atoms with Gasteiger partial charge < -0.3 is 5.32 Å². The van der Waals surface area contributed by atoms with Crippen molar-refractivity contribution in [2.24, 2.45) is 17.8 Å². The van der Waals surface area contributed by atoms with Crippen molar-refractivity contribution in [1.82, 2.24) is 10.3 Å². The Balaban J connectivity index is 1.45. The minimum Gasteiger partial charge on any atom is -0.352 e. The number of benzene rings is 1. The van der Waals surface area contributed by atoms with Gasteiger partial charge in [0.05, 0.1) is 16.5 Å². The summed E-state index contributed by atoms with van der Waals surface area (Å²) in [6, 6.07) is 5.23. The second kappa shape index (κ2) is 6.10. The number of thiazole rings is 1. The first kappa shape index (κ1) is 16.5. The van der Waals surface area contributed by atoms with Crippen molar-refractivity contribution in [2.45, 2.75) is 12.8 Å². The van der Waals surface area contributed by atoms with Crippen molar-refractivity contribution in [2.75, 3.05) is 17.5 Å². The highest BCUT2D eigenvalue weighted by atomic mass is 32.2. The molecule has 25 heavy (non-hydrogen) atoms. The van der Waals surface area contributed by atoms with Gasteiger partial charge in [-0.05, 0) is 48.8 Å². The van der Waals surface area contributed by atoms with Gasteiger partial charge in [0.25, 0.3) is 5.91 Å². The Morgan fingerprint density at radius 3 is 2.84 bits per heavy atom. The fourth-order valence-corrected chi connectivity index (χ4v) is 5.46. The van der Waals surface area contributed by atoms with Gasteiger partial charge >= 0.3 is 0 Å². The van der Waals surface area contributed by atoms with E-state index in [2.05, 4.69) is 27.2 Å². The number of carbonyl (C=O) groups is 1. The number of nitrogens with zero attached hydrogens (tertiary/aromatic N) is 1. The van der Waals surface area contributed by atoms with Crippen LogP contribution in [0.2, 0.25) is 0 Å². The molecule has 0 aliphatic heterocycles. The molecule has 6 nitrogen and oxygen atoms in total. The molecule has 4 rings (SSSR count). The van der Waals surface area contributed by atoms with E-state index in [4.69, 9.17) is 0 Å². The van der Waals surface area contributed by atoms with E-state index in [1.807, 2.05) is 0 Å². The first-order valence-corrected chi connectivity index (χ1v) is 10.9. The van der Waals surface area contributed by atoms with E-state index in [9.17, 15) is 13.2 Å². The lowest BCUT2D eigenvalue weighted by atomic mass is 9.93. The Morgan fingerprint density at radius 2 is 2.16 bits per heavy atom. The summed E-state index contributed by atoms with van der Waals surface area (Å²) in [5, 5.41) is 3.34. The number of allylic oxidation sites excluding steroid dienone is 2. The van der Waals surface area contributed by atoms with E-state index in [1.165, 1.54) is 17.8 Å². The third-order valence-electron chi connectivity index (χ3n) is 4.86. The standard InChI is InChI=1S/C17H19N3O3S2/c1-25(22,23)20-17-19-14-5-4-12(8-15(14)24-17)16(21)18-9-13-7-10-2-3-11(13)6-10/h2-5,8,10-11,13H,6-7,9H2,1H3,(H,18,21)(H,19,20)/t10-,11-,13+/m0/s1. The number of aromatic nitrogens is 1. The second-order valence-electron chi connectivity index (χ2n) is 6.83. The van der Waals surface area contributed by atoms with Crippen molar-refractivity contribution < 1.29 is 13.2 Å². The third kappa shape index (κ3) is 3.55. The van der Waals surface area contributed by atoms with E-state index in [0.717, 1.165) is 17.4 Å². The summed E-state index contributed by atoms with van der Waals surface area (Å²) in [7, 11) is -3.36. The third-order valence-corrected chi connectivity index (χ3v) is 6.49. The maximum absolute atomic E-state index is 12.4. The predicted molar refractivity (Wildman–Crippen MR) is 99.3 cm³/mol. The monoisotopic (exact) mass is 377 g/mol. The molecule has 0 saturated heterocycles. The molecule has 1 amide bonds. The maximum atomic E-state index is 12.4. The topological polar surface area (TPSA) is 88.2 Å². The van der Waals surface area contributed by atoms with Crippen LogP contribution in [-0.2, 0) is 10.0 Å². The summed E-state index contributed by atoms with van der Waals surface area (Å²) in [6.07, 6.45) is 8.05. The molecule has 0 spiro atoms. The highest BCUT2D eigenvalue weighted by Gasteiger charge is 2.35. The number of amides is 1. The van der Waals surface area contributed by atoms with Crippen LogP contribution in [-0.4, -0.2) is 32.1 Å². The van der Waals surface area contributed by atoms with Gasteiger partial charge in [-0.15, -0.1) is 0 Å². The Kier molecular flexibility index (Phi) is 4.04. The molecule has 132 valence electrons. The van der Waals surface area contributed by atoms with Crippen LogP contribution in [0.1, 0.15) is 23.2 Å². The molecule has 2 bridgehead atoms. The zero-order chi connectivity index (χ0) is 17.6. The molecule has 2 aliphatic rings. The molecule has 3 atom stereocenters. The average Bonchev–Trinajstić information content (AvgIpc) is 3.24. The summed E-state index contributed by atoms with van der Waals surface area (Å²) in [4.78, 5) is 16.7. The molecule has 8 heteroatoms. The van der Waals surface area contributed by atoms with Gasteiger partial charge in [-0.2, -0.15) is 0 Å². The first-order valence-electron chi connectivity index (χ1n) is 8.22. The lowest BCUT2D eigenvalue weighted by molar-refractivity contribution is 0.0945. The summed E-state index contributed by atoms with van der Waals surface area (Å²) < 4.78 is 25.8. The summed E-state index contributed by atoms with van der Waals surface area (Å²) in [6.45, 7) is 0.700. The number of rotatable bonds is 5. The first-order chi connectivity index (χ1) is 11.9. The summed E-state index contributed by atoms with van der Waals surface area (Å²) >= 11 is 1.22. The van der Waals surface area contributed by atoms with Gasteiger partial charge in [0, 0.05) is 12.1 Å². The molecule has 1 saturated carbocycles. The molecule has 1 aromatic carbocycles. The molecular weight excluding hydrogens is 358 g/mol. The molecular formula is C17H19N3O3S2. The molecule has 2 aromatic rings. The predicted octanol–water partition coefficient (Wildman–Crippen LogP) is 2.61. The largest absolute Gasteiger partial charge is 0.352 e. The number of hydrogen-bond donors (Lipinski definition) is 2. The van der Waals surface area contributed by atoms with Crippen LogP contribution < -0.4 is 10.0 Å². The lowest BCUT2D eigenvalue weighted by Crippen LogP contribution is -2.30. The molecule has 0 radical (unpaired) electrons. The number of nitrogens with one attached hydrogen (secondary N) is 2. The maximum Gasteiger partial charge on any atom is 0.251 e. The molecule has 1 aromatic heterocycles. The van der Waals surface area contributed by atoms with E-state index in [0.29, 0.717) is 40.5 Å².